The molecule has 0 aliphatic heterocycles. The molecule has 1 unspecified atom stereocenters. The topological polar surface area (TPSA) is 69.0 Å². The maximum absolute atomic E-state index is 13.8. The van der Waals surface area contributed by atoms with Crippen molar-refractivity contribution in [3.05, 3.63) is 60.4 Å². The molecule has 0 saturated heterocycles. The highest BCUT2D eigenvalue weighted by atomic mass is 127. The van der Waals surface area contributed by atoms with Crippen molar-refractivity contribution in [1.82, 2.24) is 4.90 Å². The molecule has 3 aromatic rings. The summed E-state index contributed by atoms with van der Waals surface area (Å²) in [5.41, 5.74) is 1.50. The number of hydrogen-bond acceptors (Lipinski definition) is 6. The van der Waals surface area contributed by atoms with E-state index in [1.165, 1.54) is 0 Å². The lowest BCUT2D eigenvalue weighted by Crippen LogP contribution is -2.28. The minimum Gasteiger partial charge on any atom is -0.490 e. The van der Waals surface area contributed by atoms with Gasteiger partial charge in [0.05, 0.1) is 12.7 Å². The lowest BCUT2D eigenvalue weighted by molar-refractivity contribution is -0.149. The first-order chi connectivity index (χ1) is 17.2. The number of benzene rings is 2. The van der Waals surface area contributed by atoms with Gasteiger partial charge >= 0.3 is 5.97 Å². The van der Waals surface area contributed by atoms with Crippen LogP contribution < -0.4 is 4.74 Å². The van der Waals surface area contributed by atoms with Crippen LogP contribution in [0.25, 0.3) is 11.0 Å². The fraction of sp³-hybridized carbons (Fsp3) is 0.429. The number of nitrogens with zero attached hydrogens (tertiary/aromatic N) is 1. The molecule has 0 bridgehead atoms. The van der Waals surface area contributed by atoms with Crippen molar-refractivity contribution in [2.75, 3.05) is 26.2 Å². The Bertz CT molecular complexity index is 1190. The summed E-state index contributed by atoms with van der Waals surface area (Å²) >= 11 is 4.42. The van der Waals surface area contributed by atoms with E-state index >= 15 is 0 Å². The maximum Gasteiger partial charge on any atom is 0.313 e. The summed E-state index contributed by atoms with van der Waals surface area (Å²) in [6.45, 7) is 13.5. The molecule has 0 amide bonds. The number of hydrogen-bond donors (Lipinski definition) is 0. The van der Waals surface area contributed by atoms with Crippen LogP contribution in [0.15, 0.2) is 40.8 Å². The fourth-order valence-electron chi connectivity index (χ4n) is 3.78. The lowest BCUT2D eigenvalue weighted by Gasteiger charge is -2.19. The smallest absolute Gasteiger partial charge is 0.313 e. The Morgan fingerprint density at radius 3 is 2.28 bits per heavy atom. The van der Waals surface area contributed by atoms with Crippen LogP contribution in [0.3, 0.4) is 0 Å². The fourth-order valence-corrected chi connectivity index (χ4v) is 5.86. The first-order valence-electron chi connectivity index (χ1n) is 12.2. The van der Waals surface area contributed by atoms with Crippen molar-refractivity contribution in [3.63, 3.8) is 0 Å². The van der Waals surface area contributed by atoms with Crippen LogP contribution in [0.2, 0.25) is 0 Å². The zero-order valence-electron chi connectivity index (χ0n) is 21.4. The number of rotatable bonds is 12. The van der Waals surface area contributed by atoms with Crippen molar-refractivity contribution in [2.24, 2.45) is 5.92 Å². The van der Waals surface area contributed by atoms with E-state index in [4.69, 9.17) is 13.9 Å². The number of ether oxygens (including phenoxy) is 2. The largest absolute Gasteiger partial charge is 0.490 e. The van der Waals surface area contributed by atoms with Gasteiger partial charge in [-0.15, -0.1) is 0 Å². The molecule has 1 atom stereocenters. The minimum absolute atomic E-state index is 0.104. The number of esters is 1. The van der Waals surface area contributed by atoms with Gasteiger partial charge in [-0.2, -0.15) is 0 Å². The van der Waals surface area contributed by atoms with E-state index < -0.39 is 5.97 Å². The van der Waals surface area contributed by atoms with Gasteiger partial charge < -0.3 is 18.8 Å². The lowest BCUT2D eigenvalue weighted by atomic mass is 9.99. The molecule has 0 N–H and O–H groups in total. The quantitative estimate of drug-likeness (QED) is 0.118. The van der Waals surface area contributed by atoms with E-state index in [9.17, 15) is 9.59 Å². The second-order valence-corrected chi connectivity index (χ2v) is 11.3. The van der Waals surface area contributed by atoms with Crippen LogP contribution in [0, 0.1) is 13.1 Å². The highest BCUT2D eigenvalue weighted by Crippen LogP contribution is 2.33. The molecule has 0 fully saturated rings. The van der Waals surface area contributed by atoms with Crippen molar-refractivity contribution in [1.29, 1.82) is 0 Å². The SMILES string of the molecule is CCN(CC)CCOc1c(I)cc(C(=O)c2c(CC(=O)OC(C)C(C)C)oc3ccccc23)cc1I. The Labute approximate surface area is 240 Å². The van der Waals surface area contributed by atoms with Gasteiger partial charge in [0.1, 0.15) is 36.2 Å². The summed E-state index contributed by atoms with van der Waals surface area (Å²) in [7, 11) is 0. The average molecular weight is 717 g/mol. The van der Waals surface area contributed by atoms with Gasteiger partial charge in [-0.1, -0.05) is 45.9 Å². The molecule has 0 aliphatic carbocycles. The number of ketones is 1. The van der Waals surface area contributed by atoms with Gasteiger partial charge in [0, 0.05) is 17.5 Å². The third-order valence-electron chi connectivity index (χ3n) is 6.27. The van der Waals surface area contributed by atoms with Gasteiger partial charge in [-0.05, 0) is 89.3 Å². The van der Waals surface area contributed by atoms with Gasteiger partial charge in [-0.3, -0.25) is 9.59 Å². The second-order valence-electron chi connectivity index (χ2n) is 8.99. The number of carbonyl (C=O) groups is 2. The maximum atomic E-state index is 13.8. The van der Waals surface area contributed by atoms with Crippen LogP contribution in [0.5, 0.6) is 5.75 Å². The Kier molecular flexibility index (Phi) is 10.6. The van der Waals surface area contributed by atoms with Crippen LogP contribution in [-0.4, -0.2) is 49.0 Å². The molecule has 0 spiro atoms. The van der Waals surface area contributed by atoms with E-state index in [1.807, 2.05) is 51.1 Å². The second kappa shape index (κ2) is 13.2. The molecule has 2 aromatic carbocycles. The zero-order valence-corrected chi connectivity index (χ0v) is 25.7. The van der Waals surface area contributed by atoms with Gasteiger partial charge in [0.25, 0.3) is 0 Å². The number of halogens is 2. The molecule has 6 nitrogen and oxygen atoms in total. The van der Waals surface area contributed by atoms with E-state index in [2.05, 4.69) is 63.9 Å². The highest BCUT2D eigenvalue weighted by molar-refractivity contribution is 14.1. The summed E-state index contributed by atoms with van der Waals surface area (Å²) in [5, 5.41) is 0.687. The van der Waals surface area contributed by atoms with Crippen molar-refractivity contribution in [2.45, 2.75) is 47.1 Å². The van der Waals surface area contributed by atoms with Crippen LogP contribution in [0.1, 0.15) is 56.3 Å². The molecule has 0 aliphatic rings. The number of furan rings is 1. The summed E-state index contributed by atoms with van der Waals surface area (Å²) in [5.74, 6) is 0.702. The van der Waals surface area contributed by atoms with Crippen LogP contribution in [0.4, 0.5) is 0 Å². The van der Waals surface area contributed by atoms with Gasteiger partial charge in [-0.25, -0.2) is 0 Å². The van der Waals surface area contributed by atoms with Crippen molar-refractivity contribution in [3.8, 4) is 5.75 Å². The minimum atomic E-state index is -0.412. The molecule has 3 rings (SSSR count). The van der Waals surface area contributed by atoms with Crippen LogP contribution >= 0.6 is 45.2 Å². The number of fused-ring (bicyclic) bond motifs is 1. The standard InChI is InChI=1S/C28H33I2NO5/c1-6-31(7-2)12-13-34-28-21(29)14-19(15-22(28)30)27(33)26-20-10-8-9-11-23(20)36-24(26)16-25(32)35-18(5)17(3)4/h8-11,14-15,17-18H,6-7,12-13,16H2,1-5H3. The summed E-state index contributed by atoms with van der Waals surface area (Å²) in [6, 6.07) is 11.0. The zero-order chi connectivity index (χ0) is 26.4. The van der Waals surface area contributed by atoms with Gasteiger partial charge in [0.15, 0.2) is 5.78 Å². The molecular weight excluding hydrogens is 684 g/mol. The first kappa shape index (κ1) is 28.9. The third-order valence-corrected chi connectivity index (χ3v) is 7.87. The van der Waals surface area contributed by atoms with Gasteiger partial charge in [0.2, 0.25) is 0 Å². The Morgan fingerprint density at radius 1 is 1.03 bits per heavy atom. The Balaban J connectivity index is 1.89. The van der Waals surface area contributed by atoms with Crippen LogP contribution in [-0.2, 0) is 16.0 Å². The molecule has 1 heterocycles. The Morgan fingerprint density at radius 2 is 1.67 bits per heavy atom. The third kappa shape index (κ3) is 7.00. The van der Waals surface area contributed by atoms with E-state index in [0.717, 1.165) is 32.5 Å². The normalized spacial score (nSPS) is 12.4. The van der Waals surface area contributed by atoms with E-state index in [-0.39, 0.29) is 24.2 Å². The summed E-state index contributed by atoms with van der Waals surface area (Å²) in [6.07, 6.45) is -0.327. The average Bonchev–Trinajstić information content (AvgIpc) is 3.20. The van der Waals surface area contributed by atoms with E-state index in [0.29, 0.717) is 34.5 Å². The Hall–Kier alpha value is -1.66. The molecule has 0 radical (unpaired) electrons. The summed E-state index contributed by atoms with van der Waals surface area (Å²) < 4.78 is 19.3. The van der Waals surface area contributed by atoms with Crippen molar-refractivity contribution < 1.29 is 23.5 Å². The highest BCUT2D eigenvalue weighted by Gasteiger charge is 2.26. The monoisotopic (exact) mass is 717 g/mol. The molecule has 1 aromatic heterocycles. The van der Waals surface area contributed by atoms with Crippen molar-refractivity contribution >= 4 is 67.9 Å². The predicted octanol–water partition coefficient (Wildman–Crippen LogP) is 6.72. The number of likely N-dealkylation sites (N-methyl/N-ethyl adjacent to an activating group) is 1. The molecule has 8 heteroatoms. The molecule has 194 valence electrons. The number of carbonyl (C=O) groups excluding carboxylic acids is 2. The molecule has 0 saturated carbocycles. The molecule has 36 heavy (non-hydrogen) atoms. The predicted molar refractivity (Wildman–Crippen MR) is 159 cm³/mol. The summed E-state index contributed by atoms with van der Waals surface area (Å²) in [4.78, 5) is 28.7. The first-order valence-corrected chi connectivity index (χ1v) is 14.4. The van der Waals surface area contributed by atoms with E-state index in [1.54, 1.807) is 6.07 Å². The molecular formula is C28H33I2NO5. The number of para-hydroxylation sites is 1.